The minimum atomic E-state index is -0.0656. The maximum atomic E-state index is 12.5. The summed E-state index contributed by atoms with van der Waals surface area (Å²) in [6.45, 7) is 4.77. The molecule has 9 heteroatoms. The minimum absolute atomic E-state index is 0.0656. The summed E-state index contributed by atoms with van der Waals surface area (Å²) in [6.07, 6.45) is 5.98. The molecule has 0 aliphatic carbocycles. The second-order valence-corrected chi connectivity index (χ2v) is 9.51. The minimum Gasteiger partial charge on any atom is -0.467 e. The van der Waals surface area contributed by atoms with E-state index in [1.54, 1.807) is 18.0 Å². The zero-order valence-electron chi connectivity index (χ0n) is 17.8. The van der Waals surface area contributed by atoms with Gasteiger partial charge in [-0.15, -0.1) is 22.0 Å². The summed E-state index contributed by atoms with van der Waals surface area (Å²) in [6, 6.07) is 11.7. The summed E-state index contributed by atoms with van der Waals surface area (Å²) in [5, 5.41) is 12.6. The number of carbonyl (C=O) groups excluding carboxylic acids is 1. The lowest BCUT2D eigenvalue weighted by molar-refractivity contribution is -0.113. The van der Waals surface area contributed by atoms with Crippen LogP contribution in [0.15, 0.2) is 57.1 Å². The third-order valence-electron chi connectivity index (χ3n) is 5.34. The molecule has 164 valence electrons. The van der Waals surface area contributed by atoms with Gasteiger partial charge in [-0.2, -0.15) is 0 Å². The van der Waals surface area contributed by atoms with Crippen molar-refractivity contribution in [1.29, 1.82) is 0 Å². The maximum absolute atomic E-state index is 12.5. The van der Waals surface area contributed by atoms with Gasteiger partial charge in [0.25, 0.3) is 0 Å². The van der Waals surface area contributed by atoms with Crippen molar-refractivity contribution >= 4 is 41.1 Å². The zero-order valence-corrected chi connectivity index (χ0v) is 19.4. The maximum Gasteiger partial charge on any atom is 0.234 e. The number of hydrogen-bond donors (Lipinski definition) is 1. The van der Waals surface area contributed by atoms with Gasteiger partial charge in [0, 0.05) is 23.7 Å². The van der Waals surface area contributed by atoms with Crippen LogP contribution in [-0.2, 0) is 11.3 Å². The highest BCUT2D eigenvalue weighted by atomic mass is 32.2. The summed E-state index contributed by atoms with van der Waals surface area (Å²) < 4.78 is 7.62. The van der Waals surface area contributed by atoms with Gasteiger partial charge in [-0.25, -0.2) is 0 Å². The van der Waals surface area contributed by atoms with Gasteiger partial charge in [-0.3, -0.25) is 9.36 Å². The largest absolute Gasteiger partial charge is 0.467 e. The number of amides is 1. The van der Waals surface area contributed by atoms with Crippen molar-refractivity contribution in [3.63, 3.8) is 0 Å². The van der Waals surface area contributed by atoms with Gasteiger partial charge in [0.05, 0.1) is 18.6 Å². The number of carbonyl (C=O) groups is 1. The van der Waals surface area contributed by atoms with E-state index >= 15 is 0 Å². The fraction of sp³-hybridized carbons (Fsp3) is 0.409. The van der Waals surface area contributed by atoms with Crippen LogP contribution in [0, 0.1) is 5.92 Å². The first-order valence-electron chi connectivity index (χ1n) is 10.4. The predicted molar refractivity (Wildman–Crippen MR) is 126 cm³/mol. The fourth-order valence-electron chi connectivity index (χ4n) is 3.56. The van der Waals surface area contributed by atoms with Crippen LogP contribution in [0.1, 0.15) is 25.5 Å². The molecule has 1 fully saturated rings. The van der Waals surface area contributed by atoms with E-state index in [2.05, 4.69) is 31.9 Å². The summed E-state index contributed by atoms with van der Waals surface area (Å²) >= 11 is 3.04. The Kier molecular flexibility index (Phi) is 7.24. The third kappa shape index (κ3) is 5.65. The molecule has 1 N–H and O–H groups in total. The van der Waals surface area contributed by atoms with Crippen molar-refractivity contribution in [3.05, 3.63) is 48.4 Å². The van der Waals surface area contributed by atoms with Crippen LogP contribution in [0.5, 0.6) is 0 Å². The number of piperidine rings is 1. The molecule has 0 radical (unpaired) electrons. The molecule has 1 aromatic carbocycles. The van der Waals surface area contributed by atoms with E-state index in [1.807, 2.05) is 42.7 Å². The number of furan rings is 1. The summed E-state index contributed by atoms with van der Waals surface area (Å²) in [5.41, 5.74) is 0.803. The van der Waals surface area contributed by atoms with E-state index < -0.39 is 0 Å². The van der Waals surface area contributed by atoms with Gasteiger partial charge in [-0.1, -0.05) is 24.8 Å². The summed E-state index contributed by atoms with van der Waals surface area (Å²) in [7, 11) is 0. The van der Waals surface area contributed by atoms with Crippen LogP contribution < -0.4 is 10.2 Å². The van der Waals surface area contributed by atoms with Crippen molar-refractivity contribution in [1.82, 2.24) is 14.8 Å². The van der Waals surface area contributed by atoms with Crippen molar-refractivity contribution in [2.75, 3.05) is 35.3 Å². The SMILES string of the molecule is CSc1cccc(NC(=O)CSc2nnc(N3CCC(C)CC3)n2Cc2ccco2)c1. The molecule has 4 rings (SSSR count). The van der Waals surface area contributed by atoms with Crippen LogP contribution in [0.2, 0.25) is 0 Å². The predicted octanol–water partition coefficient (Wildman–Crippen LogP) is 4.61. The quantitative estimate of drug-likeness (QED) is 0.495. The van der Waals surface area contributed by atoms with Crippen LogP contribution in [0.3, 0.4) is 0 Å². The van der Waals surface area contributed by atoms with Crippen molar-refractivity contribution in [2.24, 2.45) is 5.92 Å². The van der Waals surface area contributed by atoms with Gasteiger partial charge in [0.2, 0.25) is 11.9 Å². The number of aromatic nitrogens is 3. The van der Waals surface area contributed by atoms with Gasteiger partial charge < -0.3 is 14.6 Å². The molecular formula is C22H27N5O2S2. The average Bonchev–Trinajstić information content (AvgIpc) is 3.43. The highest BCUT2D eigenvalue weighted by Crippen LogP contribution is 2.27. The summed E-state index contributed by atoms with van der Waals surface area (Å²) in [4.78, 5) is 15.9. The van der Waals surface area contributed by atoms with Gasteiger partial charge in [0.15, 0.2) is 5.16 Å². The van der Waals surface area contributed by atoms with E-state index in [0.29, 0.717) is 6.54 Å². The standard InChI is InChI=1S/C22H27N5O2S2/c1-16-8-10-26(11-9-16)21-24-25-22(27(21)14-18-6-4-12-29-18)31-15-20(28)23-17-5-3-7-19(13-17)30-2/h3-7,12-13,16H,8-11,14-15H2,1-2H3,(H,23,28). The lowest BCUT2D eigenvalue weighted by atomic mass is 10.00. The summed E-state index contributed by atoms with van der Waals surface area (Å²) in [5.74, 6) is 2.62. The zero-order chi connectivity index (χ0) is 21.6. The van der Waals surface area contributed by atoms with Crippen molar-refractivity contribution < 1.29 is 9.21 Å². The second-order valence-electron chi connectivity index (χ2n) is 7.69. The van der Waals surface area contributed by atoms with E-state index in [-0.39, 0.29) is 11.7 Å². The Bertz CT molecular complexity index is 997. The Labute approximate surface area is 191 Å². The van der Waals surface area contributed by atoms with Crippen molar-refractivity contribution in [2.45, 2.75) is 36.4 Å². The third-order valence-corrected chi connectivity index (χ3v) is 7.04. The average molecular weight is 458 g/mol. The molecule has 3 heterocycles. The van der Waals surface area contributed by atoms with Gasteiger partial charge >= 0.3 is 0 Å². The highest BCUT2D eigenvalue weighted by Gasteiger charge is 2.23. The van der Waals surface area contributed by atoms with E-state index in [9.17, 15) is 4.79 Å². The second kappa shape index (κ2) is 10.3. The molecule has 0 unspecified atom stereocenters. The van der Waals surface area contributed by atoms with Crippen molar-refractivity contribution in [3.8, 4) is 0 Å². The Morgan fingerprint density at radius 1 is 1.23 bits per heavy atom. The number of rotatable bonds is 8. The fourth-order valence-corrected chi connectivity index (χ4v) is 4.75. The number of hydrogen-bond acceptors (Lipinski definition) is 7. The van der Waals surface area contributed by atoms with Crippen LogP contribution in [0.4, 0.5) is 11.6 Å². The first kappa shape index (κ1) is 21.8. The highest BCUT2D eigenvalue weighted by molar-refractivity contribution is 7.99. The molecule has 31 heavy (non-hydrogen) atoms. The Morgan fingerprint density at radius 3 is 2.81 bits per heavy atom. The number of nitrogens with one attached hydrogen (secondary N) is 1. The Morgan fingerprint density at radius 2 is 2.06 bits per heavy atom. The first-order valence-corrected chi connectivity index (χ1v) is 12.6. The lowest BCUT2D eigenvalue weighted by Crippen LogP contribution is -2.35. The van der Waals surface area contributed by atoms with Gasteiger partial charge in [-0.05, 0) is 55.3 Å². The van der Waals surface area contributed by atoms with Crippen LogP contribution in [0.25, 0.3) is 0 Å². The molecule has 7 nitrogen and oxygen atoms in total. The number of anilines is 2. The molecule has 0 saturated carbocycles. The first-order chi connectivity index (χ1) is 15.1. The van der Waals surface area contributed by atoms with E-state index in [4.69, 9.17) is 4.42 Å². The number of thioether (sulfide) groups is 2. The topological polar surface area (TPSA) is 76.2 Å². The van der Waals surface area contributed by atoms with Gasteiger partial charge in [0.1, 0.15) is 5.76 Å². The van der Waals surface area contributed by atoms with Crippen LogP contribution in [-0.4, -0.2) is 45.8 Å². The number of benzene rings is 1. The molecule has 1 saturated heterocycles. The van der Waals surface area contributed by atoms with E-state index in [1.165, 1.54) is 11.8 Å². The molecule has 1 aliphatic rings. The number of nitrogens with zero attached hydrogens (tertiary/aromatic N) is 4. The molecule has 0 spiro atoms. The molecular weight excluding hydrogens is 430 g/mol. The molecule has 2 aromatic heterocycles. The monoisotopic (exact) mass is 457 g/mol. The normalized spacial score (nSPS) is 14.7. The Hall–Kier alpha value is -2.39. The molecule has 0 atom stereocenters. The lowest BCUT2D eigenvalue weighted by Gasteiger charge is -2.31. The molecule has 0 bridgehead atoms. The molecule has 3 aromatic rings. The van der Waals surface area contributed by atoms with E-state index in [0.717, 1.165) is 59.3 Å². The van der Waals surface area contributed by atoms with Crippen LogP contribution >= 0.6 is 23.5 Å². The molecule has 1 aliphatic heterocycles. The smallest absolute Gasteiger partial charge is 0.234 e. The molecule has 1 amide bonds. The Balaban J connectivity index is 1.46.